The summed E-state index contributed by atoms with van der Waals surface area (Å²) in [5.41, 5.74) is 5.11. The van der Waals surface area contributed by atoms with E-state index >= 15 is 0 Å². The first-order chi connectivity index (χ1) is 17.0. The second kappa shape index (κ2) is 7.87. The summed E-state index contributed by atoms with van der Waals surface area (Å²) >= 11 is 0. The highest BCUT2D eigenvalue weighted by Gasteiger charge is 2.62. The van der Waals surface area contributed by atoms with Gasteiger partial charge < -0.3 is 0 Å². The number of hydrogen-bond acceptors (Lipinski definition) is 4. The van der Waals surface area contributed by atoms with Crippen molar-refractivity contribution in [3.8, 4) is 0 Å². The lowest BCUT2D eigenvalue weighted by atomic mass is 9.85. The monoisotopic (exact) mass is 462 g/mol. The number of allylic oxidation sites excluding steroid dienone is 3. The molecule has 1 saturated carbocycles. The van der Waals surface area contributed by atoms with E-state index in [9.17, 15) is 19.7 Å². The number of anilines is 1. The molecule has 2 amide bonds. The van der Waals surface area contributed by atoms with Crippen LogP contribution in [0.4, 0.5) is 11.4 Å². The first-order valence-corrected chi connectivity index (χ1v) is 11.6. The second-order valence-corrected chi connectivity index (χ2v) is 9.29. The molecule has 1 saturated heterocycles. The van der Waals surface area contributed by atoms with Crippen molar-refractivity contribution in [3.05, 3.63) is 123 Å². The molecule has 0 spiro atoms. The van der Waals surface area contributed by atoms with Crippen LogP contribution >= 0.6 is 0 Å². The van der Waals surface area contributed by atoms with Gasteiger partial charge in [-0.25, -0.2) is 4.90 Å². The van der Waals surface area contributed by atoms with Crippen molar-refractivity contribution in [3.63, 3.8) is 0 Å². The van der Waals surface area contributed by atoms with Gasteiger partial charge in [-0.2, -0.15) is 0 Å². The molecule has 35 heavy (non-hydrogen) atoms. The van der Waals surface area contributed by atoms with E-state index in [0.717, 1.165) is 22.3 Å². The van der Waals surface area contributed by atoms with Crippen LogP contribution in [0.2, 0.25) is 0 Å². The van der Waals surface area contributed by atoms with E-state index in [1.165, 1.54) is 17.0 Å². The minimum absolute atomic E-state index is 0.139. The van der Waals surface area contributed by atoms with Crippen LogP contribution in [0.3, 0.4) is 0 Å². The van der Waals surface area contributed by atoms with E-state index in [1.54, 1.807) is 13.0 Å². The zero-order valence-corrected chi connectivity index (χ0v) is 19.0. The Morgan fingerprint density at radius 2 is 1.31 bits per heavy atom. The van der Waals surface area contributed by atoms with Gasteiger partial charge in [-0.1, -0.05) is 78.9 Å². The molecule has 172 valence electrons. The van der Waals surface area contributed by atoms with Gasteiger partial charge in [0.25, 0.3) is 5.69 Å². The molecule has 6 heteroatoms. The van der Waals surface area contributed by atoms with Crippen LogP contribution in [0.5, 0.6) is 0 Å². The first-order valence-electron chi connectivity index (χ1n) is 11.6. The molecule has 3 aromatic carbocycles. The Labute approximate surface area is 202 Å². The molecule has 6 rings (SSSR count). The number of rotatable bonds is 4. The number of carbonyl (C=O) groups is 2. The molecule has 0 unspecified atom stereocenters. The standard InChI is InChI=1S/C29H22N2O4/c1-17-12-13-20(31(34)35)16-23(17)30-28(32)26-21-14-15-22(27(26)29(30)33)25(21)24(18-8-4-2-5-9-18)19-10-6-3-7-11-19/h2-16,21-22,26-27H,1H3/t21-,22-,26-,27+/m0/s1. The zero-order chi connectivity index (χ0) is 24.3. The molecule has 4 atom stereocenters. The van der Waals surface area contributed by atoms with Crippen LogP contribution in [0.1, 0.15) is 16.7 Å². The molecular formula is C29H22N2O4. The number of nitro benzene ring substituents is 1. The largest absolute Gasteiger partial charge is 0.274 e. The third-order valence-corrected chi connectivity index (χ3v) is 7.47. The molecule has 0 N–H and O–H groups in total. The summed E-state index contributed by atoms with van der Waals surface area (Å²) in [6, 6.07) is 24.5. The van der Waals surface area contributed by atoms with Crippen molar-refractivity contribution in [2.45, 2.75) is 6.92 Å². The summed E-state index contributed by atoms with van der Waals surface area (Å²) < 4.78 is 0. The van der Waals surface area contributed by atoms with Crippen molar-refractivity contribution >= 4 is 28.8 Å². The quantitative estimate of drug-likeness (QED) is 0.227. The number of amides is 2. The number of aryl methyl sites for hydroxylation is 1. The lowest BCUT2D eigenvalue weighted by molar-refractivity contribution is -0.384. The van der Waals surface area contributed by atoms with Gasteiger partial charge in [0, 0.05) is 24.0 Å². The van der Waals surface area contributed by atoms with Crippen LogP contribution in [0.25, 0.3) is 5.57 Å². The van der Waals surface area contributed by atoms with E-state index in [-0.39, 0.29) is 29.3 Å². The molecule has 2 aliphatic carbocycles. The molecule has 2 bridgehead atoms. The van der Waals surface area contributed by atoms with E-state index in [2.05, 4.69) is 36.4 Å². The fourth-order valence-electron chi connectivity index (χ4n) is 6.00. The summed E-state index contributed by atoms with van der Waals surface area (Å²) in [6.07, 6.45) is 4.12. The van der Waals surface area contributed by atoms with Crippen LogP contribution in [0.15, 0.2) is 96.6 Å². The minimum atomic E-state index is -0.507. The number of nitro groups is 1. The highest BCUT2D eigenvalue weighted by Crippen LogP contribution is 2.59. The number of nitrogens with zero attached hydrogens (tertiary/aromatic N) is 2. The van der Waals surface area contributed by atoms with Gasteiger partial charge in [-0.15, -0.1) is 0 Å². The maximum absolute atomic E-state index is 13.7. The van der Waals surface area contributed by atoms with Crippen molar-refractivity contribution in [2.75, 3.05) is 4.90 Å². The summed E-state index contributed by atoms with van der Waals surface area (Å²) in [6.45, 7) is 1.76. The van der Waals surface area contributed by atoms with E-state index in [1.807, 2.05) is 36.4 Å². The minimum Gasteiger partial charge on any atom is -0.274 e. The summed E-state index contributed by atoms with van der Waals surface area (Å²) in [5, 5.41) is 11.3. The normalized spacial score (nSPS) is 24.3. The Bertz CT molecular complexity index is 1370. The van der Waals surface area contributed by atoms with Gasteiger partial charge in [0.05, 0.1) is 22.4 Å². The number of fused-ring (bicyclic) bond motifs is 5. The lowest BCUT2D eigenvalue weighted by Crippen LogP contribution is -2.34. The number of hydrogen-bond donors (Lipinski definition) is 0. The fraction of sp³-hybridized carbons (Fsp3) is 0.172. The molecule has 3 aliphatic rings. The van der Waals surface area contributed by atoms with Crippen molar-refractivity contribution in [1.29, 1.82) is 0 Å². The maximum atomic E-state index is 13.7. The third kappa shape index (κ3) is 3.10. The Hall–Kier alpha value is -4.32. The zero-order valence-electron chi connectivity index (χ0n) is 19.0. The number of benzene rings is 3. The SMILES string of the molecule is Cc1ccc([N+](=O)[O-])cc1N1C(=O)[C@@H]2[C@H](C1=O)[C@H]1C=C[C@H]2C1=C(c1ccccc1)c1ccccc1. The highest BCUT2D eigenvalue weighted by atomic mass is 16.6. The van der Waals surface area contributed by atoms with Gasteiger partial charge in [-0.05, 0) is 34.8 Å². The van der Waals surface area contributed by atoms with Crippen LogP contribution in [0, 0.1) is 40.7 Å². The lowest BCUT2D eigenvalue weighted by Gasteiger charge is -2.22. The average Bonchev–Trinajstić information content (AvgIpc) is 3.50. The van der Waals surface area contributed by atoms with Gasteiger partial charge in [0.2, 0.25) is 11.8 Å². The molecule has 3 aromatic rings. The first kappa shape index (κ1) is 21.2. The smallest absolute Gasteiger partial charge is 0.271 e. The topological polar surface area (TPSA) is 80.5 Å². The Balaban J connectivity index is 1.48. The molecule has 1 aliphatic heterocycles. The highest BCUT2D eigenvalue weighted by molar-refractivity contribution is 6.24. The van der Waals surface area contributed by atoms with E-state index in [4.69, 9.17) is 0 Å². The van der Waals surface area contributed by atoms with Crippen LogP contribution < -0.4 is 4.90 Å². The predicted octanol–water partition coefficient (Wildman–Crippen LogP) is 5.33. The van der Waals surface area contributed by atoms with Gasteiger partial charge >= 0.3 is 0 Å². The maximum Gasteiger partial charge on any atom is 0.271 e. The van der Waals surface area contributed by atoms with E-state index in [0.29, 0.717) is 11.3 Å². The third-order valence-electron chi connectivity index (χ3n) is 7.47. The molecule has 0 aromatic heterocycles. The van der Waals surface area contributed by atoms with Crippen molar-refractivity contribution < 1.29 is 14.5 Å². The Morgan fingerprint density at radius 1 is 0.800 bits per heavy atom. The van der Waals surface area contributed by atoms with Crippen molar-refractivity contribution in [1.82, 2.24) is 0 Å². The van der Waals surface area contributed by atoms with Gasteiger partial charge in [0.1, 0.15) is 0 Å². The predicted molar refractivity (Wildman–Crippen MR) is 132 cm³/mol. The summed E-state index contributed by atoms with van der Waals surface area (Å²) in [5.74, 6) is -1.96. The Morgan fingerprint density at radius 3 is 1.80 bits per heavy atom. The molecule has 2 fully saturated rings. The summed E-state index contributed by atoms with van der Waals surface area (Å²) in [7, 11) is 0. The average molecular weight is 463 g/mol. The number of non-ortho nitro benzene ring substituents is 1. The molecule has 6 nitrogen and oxygen atoms in total. The fourth-order valence-corrected chi connectivity index (χ4v) is 6.00. The van der Waals surface area contributed by atoms with E-state index < -0.39 is 16.8 Å². The molecular weight excluding hydrogens is 440 g/mol. The second-order valence-electron chi connectivity index (χ2n) is 9.29. The number of imide groups is 1. The van der Waals surface area contributed by atoms with Crippen LogP contribution in [-0.2, 0) is 9.59 Å². The van der Waals surface area contributed by atoms with Gasteiger partial charge in [-0.3, -0.25) is 19.7 Å². The Kier molecular flexibility index (Phi) is 4.78. The van der Waals surface area contributed by atoms with Gasteiger partial charge in [0.15, 0.2) is 0 Å². The molecule has 0 radical (unpaired) electrons. The van der Waals surface area contributed by atoms with Crippen molar-refractivity contribution in [2.24, 2.45) is 23.7 Å². The molecule has 1 heterocycles. The number of carbonyl (C=O) groups excluding carboxylic acids is 2. The summed E-state index contributed by atoms with van der Waals surface area (Å²) in [4.78, 5) is 39.5. The van der Waals surface area contributed by atoms with Crippen LogP contribution in [-0.4, -0.2) is 16.7 Å².